The van der Waals surface area contributed by atoms with Crippen LogP contribution in [0.15, 0.2) is 47.8 Å². The molecule has 0 saturated carbocycles. The first-order valence-electron chi connectivity index (χ1n) is 7.48. The number of hydrogen-bond acceptors (Lipinski definition) is 3. The van der Waals surface area contributed by atoms with Gasteiger partial charge in [0.25, 0.3) is 5.91 Å². The highest BCUT2D eigenvalue weighted by Crippen LogP contribution is 2.32. The minimum absolute atomic E-state index is 0.0112. The van der Waals surface area contributed by atoms with Gasteiger partial charge in [0.2, 0.25) is 0 Å². The number of hydrazone groups is 1. The van der Waals surface area contributed by atoms with Gasteiger partial charge in [-0.1, -0.05) is 24.3 Å². The van der Waals surface area contributed by atoms with Gasteiger partial charge in [0.15, 0.2) is 5.82 Å². The maximum Gasteiger partial charge on any atom is 0.277 e. The molecule has 0 spiro atoms. The Morgan fingerprint density at radius 2 is 2.00 bits per heavy atom. The van der Waals surface area contributed by atoms with Crippen LogP contribution in [0.2, 0.25) is 0 Å². The lowest BCUT2D eigenvalue weighted by atomic mass is 9.93. The summed E-state index contributed by atoms with van der Waals surface area (Å²) in [5.41, 5.74) is 2.45. The van der Waals surface area contributed by atoms with E-state index in [-0.39, 0.29) is 5.56 Å². The van der Waals surface area contributed by atoms with Crippen molar-refractivity contribution in [1.82, 2.24) is 9.99 Å². The van der Waals surface area contributed by atoms with Gasteiger partial charge >= 0.3 is 0 Å². The molecule has 2 aromatic rings. The summed E-state index contributed by atoms with van der Waals surface area (Å²) in [7, 11) is 0. The maximum atomic E-state index is 13.9. The molecule has 1 aromatic carbocycles. The topological polar surface area (TPSA) is 45.6 Å². The zero-order chi connectivity index (χ0) is 16.6. The Bertz CT molecular complexity index is 798. The standard InChI is InChI=1S/C18H18FN3O/c1-12-6-4-5-7-13(12)16-10-18(2,3)22(21-16)17(23)14-8-9-20-11-15(14)19/h4-9,11H,10H2,1-3H3. The number of rotatable bonds is 2. The second kappa shape index (κ2) is 5.57. The normalized spacial score (nSPS) is 16.3. The van der Waals surface area contributed by atoms with E-state index in [1.54, 1.807) is 0 Å². The van der Waals surface area contributed by atoms with E-state index in [0.29, 0.717) is 6.42 Å². The van der Waals surface area contributed by atoms with Gasteiger partial charge in [-0.2, -0.15) is 5.10 Å². The number of aryl methyl sites for hydroxylation is 1. The van der Waals surface area contributed by atoms with Gasteiger partial charge in [-0.25, -0.2) is 9.40 Å². The highest BCUT2D eigenvalue weighted by Gasteiger charge is 2.39. The molecule has 23 heavy (non-hydrogen) atoms. The number of aromatic nitrogens is 1. The molecule has 0 fully saturated rings. The largest absolute Gasteiger partial charge is 0.277 e. The van der Waals surface area contributed by atoms with Crippen molar-refractivity contribution < 1.29 is 9.18 Å². The molecule has 4 nitrogen and oxygen atoms in total. The van der Waals surface area contributed by atoms with Crippen LogP contribution in [-0.4, -0.2) is 27.2 Å². The van der Waals surface area contributed by atoms with E-state index in [0.717, 1.165) is 23.0 Å². The third-order valence-corrected chi connectivity index (χ3v) is 4.05. The molecule has 0 atom stereocenters. The van der Waals surface area contributed by atoms with Crippen LogP contribution < -0.4 is 0 Å². The summed E-state index contributed by atoms with van der Waals surface area (Å²) < 4.78 is 13.9. The predicted molar refractivity (Wildman–Crippen MR) is 86.8 cm³/mol. The summed E-state index contributed by atoms with van der Waals surface area (Å²) in [4.78, 5) is 16.4. The summed E-state index contributed by atoms with van der Waals surface area (Å²) in [5.74, 6) is -1.08. The van der Waals surface area contributed by atoms with E-state index < -0.39 is 17.3 Å². The van der Waals surface area contributed by atoms with Gasteiger partial charge < -0.3 is 0 Å². The quantitative estimate of drug-likeness (QED) is 0.851. The Labute approximate surface area is 134 Å². The van der Waals surface area contributed by atoms with Gasteiger partial charge in [-0.3, -0.25) is 9.78 Å². The van der Waals surface area contributed by atoms with Crippen LogP contribution in [0.3, 0.4) is 0 Å². The molecule has 1 aliphatic rings. The minimum atomic E-state index is -0.632. The summed E-state index contributed by atoms with van der Waals surface area (Å²) >= 11 is 0. The number of hydrogen-bond donors (Lipinski definition) is 0. The number of amides is 1. The Hall–Kier alpha value is -2.56. The summed E-state index contributed by atoms with van der Waals surface area (Å²) in [6.45, 7) is 5.87. The first-order chi connectivity index (χ1) is 10.9. The molecule has 1 aromatic heterocycles. The van der Waals surface area contributed by atoms with Crippen molar-refractivity contribution in [2.45, 2.75) is 32.7 Å². The Balaban J connectivity index is 2.00. The molecule has 5 heteroatoms. The monoisotopic (exact) mass is 311 g/mol. The molecule has 118 valence electrons. The number of carbonyl (C=O) groups is 1. The molecule has 1 amide bonds. The van der Waals surface area contributed by atoms with Gasteiger partial charge in [0, 0.05) is 18.2 Å². The van der Waals surface area contributed by atoms with Gasteiger partial charge in [0.05, 0.1) is 23.0 Å². The van der Waals surface area contributed by atoms with Crippen molar-refractivity contribution >= 4 is 11.6 Å². The lowest BCUT2D eigenvalue weighted by Gasteiger charge is -2.28. The number of carbonyl (C=O) groups excluding carboxylic acids is 1. The Kier molecular flexibility index (Phi) is 3.72. The van der Waals surface area contributed by atoms with Crippen LogP contribution in [0, 0.1) is 12.7 Å². The average molecular weight is 311 g/mol. The molecule has 0 N–H and O–H groups in total. The number of benzene rings is 1. The van der Waals surface area contributed by atoms with Gasteiger partial charge in [0.1, 0.15) is 0 Å². The van der Waals surface area contributed by atoms with Crippen LogP contribution in [0.1, 0.15) is 41.8 Å². The second-order valence-corrected chi connectivity index (χ2v) is 6.32. The van der Waals surface area contributed by atoms with Crippen LogP contribution in [-0.2, 0) is 0 Å². The van der Waals surface area contributed by atoms with E-state index in [1.807, 2.05) is 45.0 Å². The Morgan fingerprint density at radius 1 is 1.26 bits per heavy atom. The average Bonchev–Trinajstić information content (AvgIpc) is 2.83. The lowest BCUT2D eigenvalue weighted by Crippen LogP contribution is -2.41. The summed E-state index contributed by atoms with van der Waals surface area (Å²) in [6.07, 6.45) is 3.07. The van der Waals surface area contributed by atoms with E-state index in [1.165, 1.54) is 17.3 Å². The molecule has 0 radical (unpaired) electrons. The van der Waals surface area contributed by atoms with Crippen molar-refractivity contribution in [3.8, 4) is 0 Å². The zero-order valence-corrected chi connectivity index (χ0v) is 13.4. The fourth-order valence-corrected chi connectivity index (χ4v) is 2.80. The third kappa shape index (κ3) is 2.74. The molecule has 0 unspecified atom stereocenters. The Morgan fingerprint density at radius 3 is 2.70 bits per heavy atom. The molecule has 1 aliphatic heterocycles. The predicted octanol–water partition coefficient (Wildman–Crippen LogP) is 3.56. The second-order valence-electron chi connectivity index (χ2n) is 6.32. The molecule has 0 aliphatic carbocycles. The lowest BCUT2D eigenvalue weighted by molar-refractivity contribution is 0.0607. The highest BCUT2D eigenvalue weighted by atomic mass is 19.1. The SMILES string of the molecule is Cc1ccccc1C1=NN(C(=O)c2ccncc2F)C(C)(C)C1. The van der Waals surface area contributed by atoms with E-state index in [2.05, 4.69) is 10.1 Å². The minimum Gasteiger partial charge on any atom is -0.267 e. The molecular formula is C18H18FN3O. The molecule has 2 heterocycles. The number of nitrogens with zero attached hydrogens (tertiary/aromatic N) is 3. The van der Waals surface area contributed by atoms with Crippen LogP contribution in [0.4, 0.5) is 4.39 Å². The first-order valence-corrected chi connectivity index (χ1v) is 7.48. The first kappa shape index (κ1) is 15.3. The fourth-order valence-electron chi connectivity index (χ4n) is 2.80. The van der Waals surface area contributed by atoms with Crippen molar-refractivity contribution in [3.63, 3.8) is 0 Å². The van der Waals surface area contributed by atoms with E-state index in [9.17, 15) is 9.18 Å². The van der Waals surface area contributed by atoms with Crippen LogP contribution in [0.25, 0.3) is 0 Å². The zero-order valence-electron chi connectivity index (χ0n) is 13.4. The van der Waals surface area contributed by atoms with Crippen molar-refractivity contribution in [2.24, 2.45) is 5.10 Å². The summed E-state index contributed by atoms with van der Waals surface area (Å²) in [5, 5.41) is 5.88. The van der Waals surface area contributed by atoms with Crippen molar-refractivity contribution in [2.75, 3.05) is 0 Å². The van der Waals surface area contributed by atoms with E-state index >= 15 is 0 Å². The van der Waals surface area contributed by atoms with Crippen LogP contribution in [0.5, 0.6) is 0 Å². The third-order valence-electron chi connectivity index (χ3n) is 4.05. The van der Waals surface area contributed by atoms with Crippen molar-refractivity contribution in [1.29, 1.82) is 0 Å². The van der Waals surface area contributed by atoms with Crippen molar-refractivity contribution in [3.05, 3.63) is 65.2 Å². The molecular weight excluding hydrogens is 293 g/mol. The highest BCUT2D eigenvalue weighted by molar-refractivity contribution is 6.06. The van der Waals surface area contributed by atoms with Crippen LogP contribution >= 0.6 is 0 Å². The summed E-state index contributed by atoms with van der Waals surface area (Å²) in [6, 6.07) is 9.30. The van der Waals surface area contributed by atoms with Gasteiger partial charge in [-0.15, -0.1) is 0 Å². The van der Waals surface area contributed by atoms with Gasteiger partial charge in [-0.05, 0) is 32.4 Å². The molecule has 0 saturated heterocycles. The number of pyridine rings is 1. The maximum absolute atomic E-state index is 13.9. The number of halogens is 1. The van der Waals surface area contributed by atoms with E-state index in [4.69, 9.17) is 0 Å². The fraction of sp³-hybridized carbons (Fsp3) is 0.278. The molecule has 0 bridgehead atoms. The molecule has 3 rings (SSSR count). The smallest absolute Gasteiger partial charge is 0.267 e.